The molecule has 0 unspecified atom stereocenters. The summed E-state index contributed by atoms with van der Waals surface area (Å²) in [6.45, 7) is 10.6. The fraction of sp³-hybridized carbons (Fsp3) is 0.381. The van der Waals surface area contributed by atoms with E-state index in [9.17, 15) is 9.59 Å². The highest BCUT2D eigenvalue weighted by molar-refractivity contribution is 7.14. The molecule has 0 aliphatic rings. The lowest BCUT2D eigenvalue weighted by Gasteiger charge is -2.15. The summed E-state index contributed by atoms with van der Waals surface area (Å²) in [5.74, 6) is 0.603. The lowest BCUT2D eigenvalue weighted by atomic mass is 9.90. The highest BCUT2D eigenvalue weighted by Gasteiger charge is 2.15. The van der Waals surface area contributed by atoms with Crippen molar-refractivity contribution in [1.29, 1.82) is 0 Å². The lowest BCUT2D eigenvalue weighted by Crippen LogP contribution is -2.25. The first kappa shape index (κ1) is 20.5. The van der Waals surface area contributed by atoms with Crippen molar-refractivity contribution in [2.24, 2.45) is 0 Å². The van der Waals surface area contributed by atoms with Crippen LogP contribution in [0.15, 0.2) is 33.8 Å². The minimum Gasteiger partial charge on any atom is -0.300 e. The molecule has 28 heavy (non-hydrogen) atoms. The van der Waals surface area contributed by atoms with Gasteiger partial charge in [-0.15, -0.1) is 11.3 Å². The number of aromatic nitrogens is 2. The van der Waals surface area contributed by atoms with E-state index in [2.05, 4.69) is 56.2 Å². The molecule has 0 atom stereocenters. The molecular formula is C21H25N3O2S2. The summed E-state index contributed by atoms with van der Waals surface area (Å²) >= 11 is 2.50. The van der Waals surface area contributed by atoms with Crippen molar-refractivity contribution in [2.75, 3.05) is 5.32 Å². The van der Waals surface area contributed by atoms with E-state index in [-0.39, 0.29) is 17.3 Å². The molecule has 0 aliphatic heterocycles. The lowest BCUT2D eigenvalue weighted by molar-refractivity contribution is -0.116. The number of nitrogens with zero attached hydrogens (tertiary/aromatic N) is 2. The number of carbonyl (C=O) groups excluding carboxylic acids is 1. The Morgan fingerprint density at radius 3 is 2.50 bits per heavy atom. The maximum Gasteiger partial charge on any atom is 0.307 e. The van der Waals surface area contributed by atoms with Crippen LogP contribution in [0.25, 0.3) is 11.3 Å². The number of aryl methyl sites for hydroxylation is 1. The molecular weight excluding hydrogens is 390 g/mol. The molecule has 7 heteroatoms. The molecule has 0 saturated carbocycles. The molecule has 0 bridgehead atoms. The molecule has 5 nitrogen and oxygen atoms in total. The van der Waals surface area contributed by atoms with E-state index in [4.69, 9.17) is 0 Å². The summed E-state index contributed by atoms with van der Waals surface area (Å²) in [5.41, 5.74) is 5.32. The molecule has 0 aliphatic carbocycles. The Bertz CT molecular complexity index is 1040. The van der Waals surface area contributed by atoms with Gasteiger partial charge in [0.2, 0.25) is 5.91 Å². The first-order chi connectivity index (χ1) is 13.3. The third-order valence-electron chi connectivity index (χ3n) is 4.67. The van der Waals surface area contributed by atoms with Crippen molar-refractivity contribution in [2.45, 2.75) is 53.0 Å². The maximum atomic E-state index is 12.3. The second-order valence-electron chi connectivity index (χ2n) is 7.47. The van der Waals surface area contributed by atoms with Crippen molar-refractivity contribution < 1.29 is 4.79 Å². The number of hydrogen-bond donors (Lipinski definition) is 1. The Kier molecular flexibility index (Phi) is 6.15. The van der Waals surface area contributed by atoms with Crippen molar-refractivity contribution in [3.05, 3.63) is 55.4 Å². The fourth-order valence-electron chi connectivity index (χ4n) is 3.00. The predicted molar refractivity (Wildman–Crippen MR) is 118 cm³/mol. The standard InChI is InChI=1S/C21H25N3O2S2/c1-12(2)15-6-7-16(17(8-15)13(3)4)18-11-27-20(22-18)23-19(25)9-24-14(5)10-28-21(24)26/h6-8,10-13H,9H2,1-5H3,(H,22,23,25). The second-order valence-corrected chi connectivity index (χ2v) is 9.15. The summed E-state index contributed by atoms with van der Waals surface area (Å²) in [4.78, 5) is 28.6. The van der Waals surface area contributed by atoms with Gasteiger partial charge < -0.3 is 5.32 Å². The Balaban J connectivity index is 1.80. The number of amides is 1. The Hall–Kier alpha value is -2.25. The zero-order chi connectivity index (χ0) is 20.4. The van der Waals surface area contributed by atoms with Gasteiger partial charge in [-0.25, -0.2) is 4.98 Å². The molecule has 0 radical (unpaired) electrons. The molecule has 0 spiro atoms. The van der Waals surface area contributed by atoms with Gasteiger partial charge in [-0.1, -0.05) is 57.2 Å². The molecule has 3 rings (SSSR count). The average Bonchev–Trinajstić information content (AvgIpc) is 3.22. The van der Waals surface area contributed by atoms with Crippen molar-refractivity contribution in [3.63, 3.8) is 0 Å². The third-order valence-corrected chi connectivity index (χ3v) is 6.31. The minimum atomic E-state index is -0.247. The van der Waals surface area contributed by atoms with Gasteiger partial charge in [0.05, 0.1) is 5.69 Å². The molecule has 1 amide bonds. The van der Waals surface area contributed by atoms with Crippen LogP contribution in [-0.2, 0) is 11.3 Å². The van der Waals surface area contributed by atoms with Crippen LogP contribution in [0.1, 0.15) is 56.4 Å². The molecule has 0 fully saturated rings. The molecule has 3 aromatic rings. The van der Waals surface area contributed by atoms with Crippen molar-refractivity contribution >= 4 is 33.7 Å². The Morgan fingerprint density at radius 2 is 1.89 bits per heavy atom. The predicted octanol–water partition coefficient (Wildman–Crippen LogP) is 5.23. The van der Waals surface area contributed by atoms with E-state index >= 15 is 0 Å². The van der Waals surface area contributed by atoms with Gasteiger partial charge >= 0.3 is 4.87 Å². The molecule has 2 aromatic heterocycles. The average molecular weight is 416 g/mol. The van der Waals surface area contributed by atoms with E-state index in [1.807, 2.05) is 12.3 Å². The first-order valence-electron chi connectivity index (χ1n) is 9.30. The van der Waals surface area contributed by atoms with Crippen LogP contribution >= 0.6 is 22.7 Å². The number of hydrogen-bond acceptors (Lipinski definition) is 5. The molecule has 2 heterocycles. The van der Waals surface area contributed by atoms with Crippen LogP contribution in [0.4, 0.5) is 5.13 Å². The fourth-order valence-corrected chi connectivity index (χ4v) is 4.47. The van der Waals surface area contributed by atoms with Gasteiger partial charge in [0.1, 0.15) is 6.54 Å². The summed E-state index contributed by atoms with van der Waals surface area (Å²) in [5, 5.41) is 7.08. The summed E-state index contributed by atoms with van der Waals surface area (Å²) in [6.07, 6.45) is 0. The van der Waals surface area contributed by atoms with Crippen LogP contribution in [0, 0.1) is 6.92 Å². The monoisotopic (exact) mass is 415 g/mol. The zero-order valence-electron chi connectivity index (χ0n) is 16.8. The second kappa shape index (κ2) is 8.41. The number of benzene rings is 1. The van der Waals surface area contributed by atoms with Crippen LogP contribution < -0.4 is 10.2 Å². The summed E-state index contributed by atoms with van der Waals surface area (Å²) < 4.78 is 1.47. The third kappa shape index (κ3) is 4.42. The number of anilines is 1. The van der Waals surface area contributed by atoms with E-state index in [0.29, 0.717) is 17.0 Å². The first-order valence-corrected chi connectivity index (χ1v) is 11.1. The number of carbonyl (C=O) groups is 1. The zero-order valence-corrected chi connectivity index (χ0v) is 18.4. The SMILES string of the molecule is Cc1csc(=O)n1CC(=O)Nc1nc(-c2ccc(C(C)C)cc2C(C)C)cs1. The number of rotatable bonds is 6. The van der Waals surface area contributed by atoms with E-state index in [1.54, 1.807) is 5.38 Å². The Labute approximate surface area is 173 Å². The Morgan fingerprint density at radius 1 is 1.14 bits per heavy atom. The van der Waals surface area contributed by atoms with Gasteiger partial charge in [-0.2, -0.15) is 0 Å². The maximum absolute atomic E-state index is 12.3. The van der Waals surface area contributed by atoms with Crippen molar-refractivity contribution in [3.8, 4) is 11.3 Å². The van der Waals surface area contributed by atoms with Gasteiger partial charge in [0, 0.05) is 22.0 Å². The largest absolute Gasteiger partial charge is 0.307 e. The van der Waals surface area contributed by atoms with Gasteiger partial charge in [0.15, 0.2) is 5.13 Å². The van der Waals surface area contributed by atoms with Gasteiger partial charge in [-0.05, 0) is 29.9 Å². The highest BCUT2D eigenvalue weighted by Crippen LogP contribution is 2.33. The van der Waals surface area contributed by atoms with E-state index < -0.39 is 0 Å². The van der Waals surface area contributed by atoms with Gasteiger partial charge in [0.25, 0.3) is 0 Å². The van der Waals surface area contributed by atoms with Crippen LogP contribution in [0.3, 0.4) is 0 Å². The van der Waals surface area contributed by atoms with Crippen LogP contribution in [0.5, 0.6) is 0 Å². The van der Waals surface area contributed by atoms with E-state index in [0.717, 1.165) is 28.3 Å². The summed E-state index contributed by atoms with van der Waals surface area (Å²) in [6, 6.07) is 6.53. The topological polar surface area (TPSA) is 64.0 Å². The smallest absolute Gasteiger partial charge is 0.300 e. The molecule has 0 saturated heterocycles. The van der Waals surface area contributed by atoms with Crippen LogP contribution in [-0.4, -0.2) is 15.5 Å². The molecule has 148 valence electrons. The number of thiazole rings is 2. The minimum absolute atomic E-state index is 0.00338. The van der Waals surface area contributed by atoms with Gasteiger partial charge in [-0.3, -0.25) is 14.2 Å². The quantitative estimate of drug-likeness (QED) is 0.600. The molecule has 1 aromatic carbocycles. The summed E-state index contributed by atoms with van der Waals surface area (Å²) in [7, 11) is 0. The van der Waals surface area contributed by atoms with Crippen LogP contribution in [0.2, 0.25) is 0 Å². The van der Waals surface area contributed by atoms with E-state index in [1.165, 1.54) is 27.0 Å². The number of nitrogens with one attached hydrogen (secondary N) is 1. The normalized spacial score (nSPS) is 11.4. The van der Waals surface area contributed by atoms with Crippen molar-refractivity contribution in [1.82, 2.24) is 9.55 Å². The highest BCUT2D eigenvalue weighted by atomic mass is 32.1. The molecule has 1 N–H and O–H groups in total.